The first-order valence-electron chi connectivity index (χ1n) is 20.8. The normalized spacial score (nSPS) is 21.6. The van der Waals surface area contributed by atoms with Gasteiger partial charge in [-0.1, -0.05) is 113 Å². The van der Waals surface area contributed by atoms with Gasteiger partial charge in [-0.2, -0.15) is 0 Å². The topological polar surface area (TPSA) is 0 Å². The minimum Gasteiger partial charge on any atom is -0.0620 e. The van der Waals surface area contributed by atoms with Crippen molar-refractivity contribution in [3.05, 3.63) is 141 Å². The predicted octanol–water partition coefficient (Wildman–Crippen LogP) is 14.6. The molecule has 0 aromatic heterocycles. The summed E-state index contributed by atoms with van der Waals surface area (Å²) < 4.78 is 0. The molecule has 16 rings (SSSR count). The van der Waals surface area contributed by atoms with E-state index in [0.717, 1.165) is 36.5 Å². The molecule has 0 aliphatic heterocycles. The van der Waals surface area contributed by atoms with E-state index in [1.54, 1.807) is 131 Å². The zero-order chi connectivity index (χ0) is 35.5. The summed E-state index contributed by atoms with van der Waals surface area (Å²) in [7, 11) is 0. The van der Waals surface area contributed by atoms with Gasteiger partial charge in [0.2, 0.25) is 0 Å². The van der Waals surface area contributed by atoms with E-state index in [9.17, 15) is 0 Å². The van der Waals surface area contributed by atoms with Gasteiger partial charge in [0, 0.05) is 0 Å². The average molecular weight is 691 g/mol. The Hall–Kier alpha value is -5.20. The van der Waals surface area contributed by atoms with Gasteiger partial charge in [-0.05, 0) is 204 Å². The van der Waals surface area contributed by atoms with Crippen molar-refractivity contribution in [2.45, 2.75) is 89.9 Å². The minimum absolute atomic E-state index is 0.779. The number of hydrogen-bond donors (Lipinski definition) is 0. The van der Waals surface area contributed by atoms with Gasteiger partial charge in [0.25, 0.3) is 0 Å². The molecule has 0 saturated carbocycles. The standard InChI is InChI=1S/C32H14.2C11H14/c1-2-12-6-16-10-18-8-14-4-3-13-7-17-9-15-5-11(1)19-20(12)28-24(16)26(18)30-22(14)21(13)29-25(17)23(15)27(19)31(28)32(29)30;2*1-8-7-9(2)11-6-4-3-5-10(8)11/h1-2,5-8H,3-4,9-10H2;2*3-6,8-9H,7H2,1-2H3. The van der Waals surface area contributed by atoms with E-state index in [2.05, 4.69) is 113 Å². The summed E-state index contributed by atoms with van der Waals surface area (Å²) in [6.07, 6.45) is 7.30. The number of aryl methyl sites for hydroxylation is 2. The molecular formula is C54H42. The third-order valence-corrected chi connectivity index (χ3v) is 15.5. The van der Waals surface area contributed by atoms with Gasteiger partial charge in [-0.3, -0.25) is 0 Å². The first-order valence-corrected chi connectivity index (χ1v) is 20.8. The Morgan fingerprint density at radius 3 is 0.981 bits per heavy atom. The van der Waals surface area contributed by atoms with Crippen LogP contribution in [0, 0.1) is 0 Å². The van der Waals surface area contributed by atoms with E-state index >= 15 is 0 Å². The number of rotatable bonds is 0. The monoisotopic (exact) mass is 690 g/mol. The van der Waals surface area contributed by atoms with E-state index < -0.39 is 0 Å². The van der Waals surface area contributed by atoms with Crippen molar-refractivity contribution in [1.29, 1.82) is 0 Å². The summed E-state index contributed by atoms with van der Waals surface area (Å²) in [5.41, 5.74) is 15.8. The Morgan fingerprint density at radius 2 is 0.611 bits per heavy atom. The summed E-state index contributed by atoms with van der Waals surface area (Å²) in [5, 5.41) is 25.4. The lowest BCUT2D eigenvalue weighted by atomic mass is 9.87. The number of hydrogen-bond acceptors (Lipinski definition) is 0. The molecule has 5 aliphatic carbocycles. The fourth-order valence-electron chi connectivity index (χ4n) is 13.6. The van der Waals surface area contributed by atoms with Crippen LogP contribution in [0.25, 0.3) is 86.2 Å². The molecule has 0 bridgehead atoms. The lowest BCUT2D eigenvalue weighted by Crippen LogP contribution is -2.00. The van der Waals surface area contributed by atoms with Crippen LogP contribution in [0.2, 0.25) is 0 Å². The molecule has 258 valence electrons. The van der Waals surface area contributed by atoms with E-state index in [1.807, 2.05) is 0 Å². The Bertz CT molecular complexity index is 3110. The highest BCUT2D eigenvalue weighted by Crippen LogP contribution is 2.62. The van der Waals surface area contributed by atoms with Crippen LogP contribution in [0.1, 0.15) is 120 Å². The minimum atomic E-state index is 0.779. The van der Waals surface area contributed by atoms with Crippen molar-refractivity contribution < 1.29 is 0 Å². The van der Waals surface area contributed by atoms with E-state index in [4.69, 9.17) is 0 Å². The van der Waals surface area contributed by atoms with Crippen LogP contribution in [-0.4, -0.2) is 0 Å². The van der Waals surface area contributed by atoms with Crippen LogP contribution < -0.4 is 0 Å². The van der Waals surface area contributed by atoms with Crippen LogP contribution >= 0.6 is 0 Å². The van der Waals surface area contributed by atoms with Crippen LogP contribution in [0.15, 0.2) is 84.9 Å². The Kier molecular flexibility index (Phi) is 5.15. The molecule has 0 nitrogen and oxygen atoms in total. The molecule has 0 spiro atoms. The van der Waals surface area contributed by atoms with Crippen molar-refractivity contribution in [2.24, 2.45) is 0 Å². The van der Waals surface area contributed by atoms with Gasteiger partial charge in [0.1, 0.15) is 0 Å². The molecule has 4 atom stereocenters. The Labute approximate surface area is 315 Å². The molecule has 54 heavy (non-hydrogen) atoms. The van der Waals surface area contributed by atoms with Crippen molar-refractivity contribution in [3.8, 4) is 0 Å². The molecule has 0 amide bonds. The predicted molar refractivity (Wildman–Crippen MR) is 231 cm³/mol. The van der Waals surface area contributed by atoms with Crippen LogP contribution in [-0.2, 0) is 25.7 Å². The maximum absolute atomic E-state index is 2.60. The second-order valence-corrected chi connectivity index (χ2v) is 18.4. The van der Waals surface area contributed by atoms with Gasteiger partial charge < -0.3 is 0 Å². The summed E-state index contributed by atoms with van der Waals surface area (Å²) in [6.45, 7) is 9.29. The Morgan fingerprint density at radius 1 is 0.315 bits per heavy atom. The maximum atomic E-state index is 2.60. The van der Waals surface area contributed by atoms with Gasteiger partial charge in [0.05, 0.1) is 0 Å². The molecule has 4 unspecified atom stereocenters. The fraction of sp³-hybridized carbons (Fsp3) is 0.259. The van der Waals surface area contributed by atoms with Gasteiger partial charge in [-0.15, -0.1) is 0 Å². The van der Waals surface area contributed by atoms with Crippen molar-refractivity contribution in [3.63, 3.8) is 0 Å². The maximum Gasteiger partial charge on any atom is -0.0000272 e. The van der Waals surface area contributed by atoms with Gasteiger partial charge in [-0.25, -0.2) is 0 Å². The van der Waals surface area contributed by atoms with E-state index in [1.165, 1.54) is 36.5 Å². The molecule has 0 N–H and O–H groups in total. The molecular weight excluding hydrogens is 649 g/mol. The Balaban J connectivity index is 0.000000112. The van der Waals surface area contributed by atoms with Crippen LogP contribution in [0.4, 0.5) is 0 Å². The quantitative estimate of drug-likeness (QED) is 0.139. The lowest BCUT2D eigenvalue weighted by molar-refractivity contribution is 0.661. The van der Waals surface area contributed by atoms with Crippen LogP contribution in [0.5, 0.6) is 0 Å². The van der Waals surface area contributed by atoms with E-state index in [-0.39, 0.29) is 0 Å². The smallest absolute Gasteiger partial charge is 0.0000272 e. The molecule has 11 aromatic carbocycles. The summed E-state index contributed by atoms with van der Waals surface area (Å²) >= 11 is 0. The van der Waals surface area contributed by atoms with Crippen molar-refractivity contribution >= 4 is 86.2 Å². The molecule has 0 heteroatoms. The highest BCUT2D eigenvalue weighted by Gasteiger charge is 2.37. The van der Waals surface area contributed by atoms with Gasteiger partial charge >= 0.3 is 0 Å². The van der Waals surface area contributed by atoms with Crippen LogP contribution in [0.3, 0.4) is 0 Å². The highest BCUT2D eigenvalue weighted by atomic mass is 14.4. The van der Waals surface area contributed by atoms with Crippen molar-refractivity contribution in [1.82, 2.24) is 0 Å². The molecule has 5 aliphatic rings. The zero-order valence-corrected chi connectivity index (χ0v) is 31.6. The highest BCUT2D eigenvalue weighted by molar-refractivity contribution is 6.58. The van der Waals surface area contributed by atoms with Gasteiger partial charge in [0.15, 0.2) is 0 Å². The first kappa shape index (κ1) is 29.2. The molecule has 11 aromatic rings. The third-order valence-electron chi connectivity index (χ3n) is 15.5. The van der Waals surface area contributed by atoms with E-state index in [0.29, 0.717) is 0 Å². The summed E-state index contributed by atoms with van der Waals surface area (Å²) in [4.78, 5) is 0. The first-order chi connectivity index (χ1) is 26.4. The number of benzene rings is 9. The molecule has 0 saturated heterocycles. The molecule has 0 fully saturated rings. The second-order valence-electron chi connectivity index (χ2n) is 18.4. The fourth-order valence-corrected chi connectivity index (χ4v) is 13.6. The van der Waals surface area contributed by atoms with Crippen molar-refractivity contribution in [2.75, 3.05) is 0 Å². The zero-order valence-electron chi connectivity index (χ0n) is 31.6. The third kappa shape index (κ3) is 3.21. The average Bonchev–Trinajstić information content (AvgIpc) is 4.02. The SMILES string of the molecule is CC1CC(C)c2ccccc21.CC1CC(C)c2ccccc21.c1c2c3c4c(cc5c6c7c(cc8ccc9cc%10c%11c(c1C%10)c3c(c46)c1c%11c9c8c71)C5)CC2. The molecule has 0 heterocycles. The second kappa shape index (κ2) is 9.53. The number of fused-ring (bicyclic) bond motifs is 2. The lowest BCUT2D eigenvalue weighted by Gasteiger charge is -2.16. The molecule has 0 radical (unpaired) electrons. The summed E-state index contributed by atoms with van der Waals surface area (Å²) in [6, 6.07) is 32.7. The largest absolute Gasteiger partial charge is 0.0620 e. The summed E-state index contributed by atoms with van der Waals surface area (Å²) in [5.74, 6) is 3.12.